The van der Waals surface area contributed by atoms with Gasteiger partial charge in [0, 0.05) is 28.4 Å². The van der Waals surface area contributed by atoms with E-state index < -0.39 is 0 Å². The van der Waals surface area contributed by atoms with Gasteiger partial charge < -0.3 is 10.2 Å². The van der Waals surface area contributed by atoms with Gasteiger partial charge >= 0.3 is 0 Å². The molecule has 0 atom stereocenters. The van der Waals surface area contributed by atoms with Crippen molar-refractivity contribution in [3.05, 3.63) is 81.0 Å². The van der Waals surface area contributed by atoms with Gasteiger partial charge in [0.1, 0.15) is 0 Å². The van der Waals surface area contributed by atoms with E-state index in [0.717, 1.165) is 15.6 Å². The number of amides is 2. The highest BCUT2D eigenvalue weighted by Crippen LogP contribution is 2.20. The number of likely N-dealkylation sites (N-methyl/N-ethyl adjacent to an activating group) is 1. The van der Waals surface area contributed by atoms with Crippen LogP contribution in [0.1, 0.15) is 21.5 Å². The largest absolute Gasteiger partial charge is 0.332 e. The predicted octanol–water partition coefficient (Wildman–Crippen LogP) is 4.37. The fourth-order valence-electron chi connectivity index (χ4n) is 2.83. The van der Waals surface area contributed by atoms with Crippen molar-refractivity contribution < 1.29 is 9.59 Å². The average molecular weight is 476 g/mol. The number of anilines is 1. The fourth-order valence-corrected chi connectivity index (χ4v) is 3.50. The number of nitrogens with zero attached hydrogens (tertiary/aromatic N) is 3. The fraction of sp³-hybridized carbons (Fsp3) is 0.190. The summed E-state index contributed by atoms with van der Waals surface area (Å²) in [4.78, 5) is 26.3. The standard InChI is InChI=1S/C21H20BrClN4O2/c1-14-9-17(22)7-8-19(14)25-20(28)13-26(2)21(29)16-10-24-27(12-16)11-15-5-3-4-6-18(15)23/h3-10,12H,11,13H2,1-2H3,(H,25,28). The first kappa shape index (κ1) is 21.1. The maximum atomic E-state index is 12.6. The third-order valence-corrected chi connectivity index (χ3v) is 5.22. The Hall–Kier alpha value is -2.64. The SMILES string of the molecule is Cc1cc(Br)ccc1NC(=O)CN(C)C(=O)c1cnn(Cc2ccccc2Cl)c1. The zero-order valence-electron chi connectivity index (χ0n) is 16.0. The van der Waals surface area contributed by atoms with E-state index in [0.29, 0.717) is 22.8 Å². The Bertz CT molecular complexity index is 1050. The molecule has 0 aliphatic heterocycles. The molecule has 1 N–H and O–H groups in total. The van der Waals surface area contributed by atoms with Crippen LogP contribution in [0, 0.1) is 6.92 Å². The summed E-state index contributed by atoms with van der Waals surface area (Å²) in [6.07, 6.45) is 3.14. The molecule has 0 fully saturated rings. The molecule has 0 bridgehead atoms. The number of hydrogen-bond donors (Lipinski definition) is 1. The summed E-state index contributed by atoms with van der Waals surface area (Å²) >= 11 is 9.57. The Labute approximate surface area is 182 Å². The van der Waals surface area contributed by atoms with Crippen LogP contribution >= 0.6 is 27.5 Å². The molecular formula is C21H20BrClN4O2. The monoisotopic (exact) mass is 474 g/mol. The quantitative estimate of drug-likeness (QED) is 0.576. The molecule has 6 nitrogen and oxygen atoms in total. The molecule has 3 aromatic rings. The van der Waals surface area contributed by atoms with E-state index in [4.69, 9.17) is 11.6 Å². The van der Waals surface area contributed by atoms with Crippen molar-refractivity contribution in [3.63, 3.8) is 0 Å². The Morgan fingerprint density at radius 2 is 2.00 bits per heavy atom. The molecule has 150 valence electrons. The van der Waals surface area contributed by atoms with Crippen LogP contribution in [-0.4, -0.2) is 40.1 Å². The number of aryl methyl sites for hydroxylation is 1. The number of rotatable bonds is 6. The number of nitrogens with one attached hydrogen (secondary N) is 1. The molecule has 8 heteroatoms. The molecule has 1 heterocycles. The lowest BCUT2D eigenvalue weighted by Gasteiger charge is -2.16. The maximum absolute atomic E-state index is 12.6. The van der Waals surface area contributed by atoms with E-state index in [1.165, 1.54) is 11.1 Å². The van der Waals surface area contributed by atoms with E-state index in [9.17, 15) is 9.59 Å². The first-order chi connectivity index (χ1) is 13.8. The van der Waals surface area contributed by atoms with E-state index in [1.807, 2.05) is 49.4 Å². The van der Waals surface area contributed by atoms with Gasteiger partial charge in [-0.15, -0.1) is 0 Å². The Morgan fingerprint density at radius 1 is 1.24 bits per heavy atom. The summed E-state index contributed by atoms with van der Waals surface area (Å²) in [5, 5.41) is 7.70. The Kier molecular flexibility index (Phi) is 6.71. The number of carbonyl (C=O) groups is 2. The van der Waals surface area contributed by atoms with E-state index in [1.54, 1.807) is 17.9 Å². The van der Waals surface area contributed by atoms with E-state index >= 15 is 0 Å². The van der Waals surface area contributed by atoms with E-state index in [2.05, 4.69) is 26.3 Å². The molecule has 29 heavy (non-hydrogen) atoms. The zero-order chi connectivity index (χ0) is 21.0. The first-order valence-electron chi connectivity index (χ1n) is 8.91. The van der Waals surface area contributed by atoms with Crippen LogP contribution in [-0.2, 0) is 11.3 Å². The molecule has 0 radical (unpaired) electrons. The summed E-state index contributed by atoms with van der Waals surface area (Å²) in [7, 11) is 1.59. The van der Waals surface area contributed by atoms with Crippen LogP contribution in [0.15, 0.2) is 59.3 Å². The van der Waals surface area contributed by atoms with Crippen LogP contribution in [0.3, 0.4) is 0 Å². The molecule has 0 unspecified atom stereocenters. The summed E-state index contributed by atoms with van der Waals surface area (Å²) in [6, 6.07) is 13.1. The highest BCUT2D eigenvalue weighted by Gasteiger charge is 2.17. The highest BCUT2D eigenvalue weighted by atomic mass is 79.9. The van der Waals surface area contributed by atoms with Crippen molar-refractivity contribution in [1.29, 1.82) is 0 Å². The van der Waals surface area contributed by atoms with Gasteiger partial charge in [-0.3, -0.25) is 14.3 Å². The van der Waals surface area contributed by atoms with Crippen LogP contribution in [0.25, 0.3) is 0 Å². The highest BCUT2D eigenvalue weighted by molar-refractivity contribution is 9.10. The number of hydrogen-bond acceptors (Lipinski definition) is 3. The number of benzene rings is 2. The molecule has 0 aliphatic carbocycles. The summed E-state index contributed by atoms with van der Waals surface area (Å²) in [6.45, 7) is 2.30. The van der Waals surface area contributed by atoms with Gasteiger partial charge in [-0.1, -0.05) is 45.7 Å². The maximum Gasteiger partial charge on any atom is 0.257 e. The van der Waals surface area contributed by atoms with Crippen LogP contribution in [0.4, 0.5) is 5.69 Å². The van der Waals surface area contributed by atoms with Crippen LogP contribution in [0.2, 0.25) is 5.02 Å². The molecule has 0 saturated carbocycles. The Balaban J connectivity index is 1.60. The average Bonchev–Trinajstić information content (AvgIpc) is 3.13. The Morgan fingerprint density at radius 3 is 2.72 bits per heavy atom. The lowest BCUT2D eigenvalue weighted by atomic mass is 10.2. The summed E-state index contributed by atoms with van der Waals surface area (Å²) in [5.74, 6) is -0.548. The van der Waals surface area contributed by atoms with Crippen LogP contribution < -0.4 is 5.32 Å². The van der Waals surface area contributed by atoms with Gasteiger partial charge in [0.05, 0.1) is 24.8 Å². The van der Waals surface area contributed by atoms with E-state index in [-0.39, 0.29) is 18.4 Å². The molecular weight excluding hydrogens is 456 g/mol. The number of aromatic nitrogens is 2. The number of carbonyl (C=O) groups excluding carboxylic acids is 2. The second-order valence-electron chi connectivity index (χ2n) is 6.69. The smallest absolute Gasteiger partial charge is 0.257 e. The minimum absolute atomic E-state index is 0.0654. The predicted molar refractivity (Wildman–Crippen MR) is 117 cm³/mol. The lowest BCUT2D eigenvalue weighted by Crippen LogP contribution is -2.34. The topological polar surface area (TPSA) is 67.2 Å². The second-order valence-corrected chi connectivity index (χ2v) is 8.01. The third-order valence-electron chi connectivity index (χ3n) is 4.36. The molecule has 0 spiro atoms. The molecule has 0 saturated heterocycles. The third kappa shape index (κ3) is 5.46. The van der Waals surface area contributed by atoms with Gasteiger partial charge in [0.15, 0.2) is 0 Å². The van der Waals surface area contributed by atoms with Crippen molar-refractivity contribution in [3.8, 4) is 0 Å². The van der Waals surface area contributed by atoms with Gasteiger partial charge in [0.2, 0.25) is 5.91 Å². The van der Waals surface area contributed by atoms with Crippen molar-refractivity contribution in [2.75, 3.05) is 18.9 Å². The second kappa shape index (κ2) is 9.24. The molecule has 1 aromatic heterocycles. The van der Waals surface area contributed by atoms with Gasteiger partial charge in [-0.2, -0.15) is 5.10 Å². The molecule has 2 aromatic carbocycles. The lowest BCUT2D eigenvalue weighted by molar-refractivity contribution is -0.116. The van der Waals surface area contributed by atoms with Crippen molar-refractivity contribution in [2.45, 2.75) is 13.5 Å². The number of halogens is 2. The molecule has 0 aliphatic rings. The molecule has 2 amide bonds. The summed E-state index contributed by atoms with van der Waals surface area (Å²) in [5.41, 5.74) is 2.97. The minimum Gasteiger partial charge on any atom is -0.332 e. The van der Waals surface area contributed by atoms with Gasteiger partial charge in [-0.05, 0) is 42.3 Å². The molecule has 3 rings (SSSR count). The minimum atomic E-state index is -0.280. The normalized spacial score (nSPS) is 10.6. The zero-order valence-corrected chi connectivity index (χ0v) is 18.4. The summed E-state index contributed by atoms with van der Waals surface area (Å²) < 4.78 is 2.59. The van der Waals surface area contributed by atoms with Crippen molar-refractivity contribution >= 4 is 45.0 Å². The van der Waals surface area contributed by atoms with Crippen LogP contribution in [0.5, 0.6) is 0 Å². The van der Waals surface area contributed by atoms with Crippen molar-refractivity contribution in [1.82, 2.24) is 14.7 Å². The first-order valence-corrected chi connectivity index (χ1v) is 10.1. The van der Waals surface area contributed by atoms with Crippen molar-refractivity contribution in [2.24, 2.45) is 0 Å². The van der Waals surface area contributed by atoms with Gasteiger partial charge in [-0.25, -0.2) is 0 Å². The van der Waals surface area contributed by atoms with Gasteiger partial charge in [0.25, 0.3) is 5.91 Å².